The van der Waals surface area contributed by atoms with E-state index in [4.69, 9.17) is 9.47 Å². The standard InChI is InChI=1S/C25H23N3O4/c1-31-15-19(29)16-32-20-12-13-21(22(30)14-20)25-27-23(17-8-4-2-5-9-17)26-24(28-25)18-10-6-3-7-11-18/h2-14,19,29-30H,15-16H2,1H3. The highest BCUT2D eigenvalue weighted by Gasteiger charge is 2.15. The van der Waals surface area contributed by atoms with E-state index in [9.17, 15) is 10.2 Å². The molecule has 0 radical (unpaired) electrons. The molecule has 1 heterocycles. The van der Waals surface area contributed by atoms with Crippen molar-refractivity contribution in [1.29, 1.82) is 0 Å². The van der Waals surface area contributed by atoms with Crippen LogP contribution in [0.1, 0.15) is 0 Å². The Morgan fingerprint density at radius 3 is 1.84 bits per heavy atom. The Bertz CT molecular complexity index is 1110. The summed E-state index contributed by atoms with van der Waals surface area (Å²) in [4.78, 5) is 13.9. The number of ether oxygens (including phenoxy) is 2. The lowest BCUT2D eigenvalue weighted by atomic mass is 10.1. The maximum atomic E-state index is 10.7. The third-order valence-electron chi connectivity index (χ3n) is 4.71. The van der Waals surface area contributed by atoms with Crippen molar-refractivity contribution in [3.8, 4) is 45.7 Å². The third-order valence-corrected chi connectivity index (χ3v) is 4.71. The first-order valence-corrected chi connectivity index (χ1v) is 10.1. The second kappa shape index (κ2) is 10.00. The molecule has 1 aromatic heterocycles. The van der Waals surface area contributed by atoms with Gasteiger partial charge in [-0.25, -0.2) is 15.0 Å². The summed E-state index contributed by atoms with van der Waals surface area (Å²) in [6, 6.07) is 24.1. The van der Waals surface area contributed by atoms with Crippen LogP contribution in [0.5, 0.6) is 11.5 Å². The maximum absolute atomic E-state index is 10.7. The summed E-state index contributed by atoms with van der Waals surface area (Å²) in [5.41, 5.74) is 2.14. The van der Waals surface area contributed by atoms with Gasteiger partial charge >= 0.3 is 0 Å². The van der Waals surface area contributed by atoms with Crippen LogP contribution in [0.3, 0.4) is 0 Å². The van der Waals surface area contributed by atoms with Crippen LogP contribution in [0.25, 0.3) is 34.2 Å². The fourth-order valence-electron chi connectivity index (χ4n) is 3.15. The molecular weight excluding hydrogens is 406 g/mol. The van der Waals surface area contributed by atoms with Crippen LogP contribution >= 0.6 is 0 Å². The molecule has 7 heteroatoms. The number of hydrogen-bond acceptors (Lipinski definition) is 7. The highest BCUT2D eigenvalue weighted by molar-refractivity contribution is 5.70. The van der Waals surface area contributed by atoms with E-state index >= 15 is 0 Å². The molecule has 0 spiro atoms. The summed E-state index contributed by atoms with van der Waals surface area (Å²) in [6.07, 6.45) is -0.757. The van der Waals surface area contributed by atoms with Crippen molar-refractivity contribution in [2.45, 2.75) is 6.10 Å². The lowest BCUT2D eigenvalue weighted by Gasteiger charge is -2.13. The molecule has 4 aromatic rings. The van der Waals surface area contributed by atoms with Crippen LogP contribution < -0.4 is 4.74 Å². The monoisotopic (exact) mass is 429 g/mol. The van der Waals surface area contributed by atoms with Gasteiger partial charge in [0.1, 0.15) is 24.2 Å². The number of aliphatic hydroxyl groups excluding tert-OH is 1. The lowest BCUT2D eigenvalue weighted by molar-refractivity contribution is 0.0325. The van der Waals surface area contributed by atoms with Gasteiger partial charge in [-0.1, -0.05) is 60.7 Å². The molecule has 0 aliphatic rings. The van der Waals surface area contributed by atoms with Crippen LogP contribution in [0.15, 0.2) is 78.9 Å². The quantitative estimate of drug-likeness (QED) is 0.437. The number of methoxy groups -OCH3 is 1. The lowest BCUT2D eigenvalue weighted by Crippen LogP contribution is -2.22. The smallest absolute Gasteiger partial charge is 0.167 e. The molecule has 162 valence electrons. The number of phenols is 1. The molecule has 32 heavy (non-hydrogen) atoms. The highest BCUT2D eigenvalue weighted by atomic mass is 16.5. The number of aromatic nitrogens is 3. The van der Waals surface area contributed by atoms with Gasteiger partial charge in [-0.2, -0.15) is 0 Å². The topological polar surface area (TPSA) is 97.6 Å². The van der Waals surface area contributed by atoms with E-state index in [1.54, 1.807) is 12.1 Å². The number of aliphatic hydroxyl groups is 1. The Kier molecular flexibility index (Phi) is 6.69. The molecule has 0 amide bonds. The molecule has 2 N–H and O–H groups in total. The van der Waals surface area contributed by atoms with Gasteiger partial charge in [0.25, 0.3) is 0 Å². The summed E-state index contributed by atoms with van der Waals surface area (Å²) < 4.78 is 10.4. The Morgan fingerprint density at radius 1 is 0.750 bits per heavy atom. The van der Waals surface area contributed by atoms with E-state index in [0.717, 1.165) is 11.1 Å². The number of phenolic OH excluding ortho intramolecular Hbond substituents is 1. The molecule has 1 unspecified atom stereocenters. The van der Waals surface area contributed by atoms with Crippen molar-refractivity contribution >= 4 is 0 Å². The summed E-state index contributed by atoms with van der Waals surface area (Å²) in [5.74, 6) is 1.75. The van der Waals surface area contributed by atoms with Gasteiger partial charge in [0, 0.05) is 24.3 Å². The van der Waals surface area contributed by atoms with Crippen molar-refractivity contribution < 1.29 is 19.7 Å². The summed E-state index contributed by atoms with van der Waals surface area (Å²) in [6.45, 7) is 0.216. The Balaban J connectivity index is 1.71. The predicted octanol–water partition coefficient (Wildman–Crippen LogP) is 3.96. The molecule has 0 aliphatic heterocycles. The summed E-state index contributed by atoms with van der Waals surface area (Å²) in [5, 5.41) is 20.4. The predicted molar refractivity (Wildman–Crippen MR) is 121 cm³/mol. The second-order valence-electron chi connectivity index (χ2n) is 7.14. The average molecular weight is 429 g/mol. The van der Waals surface area contributed by atoms with Gasteiger partial charge in [-0.3, -0.25) is 0 Å². The number of benzene rings is 3. The van der Waals surface area contributed by atoms with E-state index in [0.29, 0.717) is 28.8 Å². The Hall–Kier alpha value is -3.81. The van der Waals surface area contributed by atoms with Gasteiger partial charge in [0.2, 0.25) is 0 Å². The molecule has 0 aliphatic carbocycles. The molecule has 0 fully saturated rings. The zero-order valence-corrected chi connectivity index (χ0v) is 17.5. The first-order valence-electron chi connectivity index (χ1n) is 10.1. The minimum absolute atomic E-state index is 0.0343. The molecule has 0 bridgehead atoms. The van der Waals surface area contributed by atoms with Gasteiger partial charge < -0.3 is 19.7 Å². The molecular formula is C25H23N3O4. The maximum Gasteiger partial charge on any atom is 0.167 e. The molecule has 1 atom stereocenters. The van der Waals surface area contributed by atoms with Gasteiger partial charge in [-0.15, -0.1) is 0 Å². The Morgan fingerprint density at radius 2 is 1.31 bits per heavy atom. The average Bonchev–Trinajstić information content (AvgIpc) is 2.84. The minimum Gasteiger partial charge on any atom is -0.507 e. The van der Waals surface area contributed by atoms with Crippen LogP contribution in [0.2, 0.25) is 0 Å². The van der Waals surface area contributed by atoms with Crippen molar-refractivity contribution in [3.63, 3.8) is 0 Å². The summed E-state index contributed by atoms with van der Waals surface area (Å²) in [7, 11) is 1.51. The minimum atomic E-state index is -0.757. The van der Waals surface area contributed by atoms with Gasteiger partial charge in [0.05, 0.1) is 12.2 Å². The highest BCUT2D eigenvalue weighted by Crippen LogP contribution is 2.32. The Labute approximate surface area is 186 Å². The van der Waals surface area contributed by atoms with Crippen LogP contribution in [-0.2, 0) is 4.74 Å². The number of aromatic hydroxyl groups is 1. The van der Waals surface area contributed by atoms with Crippen molar-refractivity contribution in [1.82, 2.24) is 15.0 Å². The van der Waals surface area contributed by atoms with Crippen molar-refractivity contribution in [2.24, 2.45) is 0 Å². The van der Waals surface area contributed by atoms with E-state index in [-0.39, 0.29) is 19.0 Å². The molecule has 7 nitrogen and oxygen atoms in total. The van der Waals surface area contributed by atoms with E-state index in [1.165, 1.54) is 13.2 Å². The first-order chi connectivity index (χ1) is 15.6. The molecule has 0 saturated carbocycles. The first kappa shape index (κ1) is 21.4. The SMILES string of the molecule is COCC(O)COc1ccc(-c2nc(-c3ccccc3)nc(-c3ccccc3)n2)c(O)c1. The third kappa shape index (κ3) is 5.08. The second-order valence-corrected chi connectivity index (χ2v) is 7.14. The van der Waals surface area contributed by atoms with Crippen LogP contribution in [0, 0.1) is 0 Å². The van der Waals surface area contributed by atoms with Gasteiger partial charge in [0.15, 0.2) is 17.5 Å². The fourth-order valence-corrected chi connectivity index (χ4v) is 3.15. The van der Waals surface area contributed by atoms with E-state index in [1.807, 2.05) is 60.7 Å². The van der Waals surface area contributed by atoms with Crippen LogP contribution in [0.4, 0.5) is 0 Å². The zero-order valence-electron chi connectivity index (χ0n) is 17.5. The number of rotatable bonds is 8. The van der Waals surface area contributed by atoms with Gasteiger partial charge in [-0.05, 0) is 12.1 Å². The van der Waals surface area contributed by atoms with Crippen LogP contribution in [-0.4, -0.2) is 51.6 Å². The molecule has 4 rings (SSSR count). The molecule has 3 aromatic carbocycles. The van der Waals surface area contributed by atoms with Crippen molar-refractivity contribution in [3.05, 3.63) is 78.9 Å². The molecule has 0 saturated heterocycles. The zero-order chi connectivity index (χ0) is 22.3. The number of nitrogens with zero attached hydrogens (tertiary/aromatic N) is 3. The number of hydrogen-bond donors (Lipinski definition) is 2. The van der Waals surface area contributed by atoms with Crippen molar-refractivity contribution in [2.75, 3.05) is 20.3 Å². The van der Waals surface area contributed by atoms with E-state index < -0.39 is 6.10 Å². The fraction of sp³-hybridized carbons (Fsp3) is 0.160. The largest absolute Gasteiger partial charge is 0.507 e. The normalized spacial score (nSPS) is 11.8. The summed E-state index contributed by atoms with van der Waals surface area (Å²) >= 11 is 0. The van der Waals surface area contributed by atoms with E-state index in [2.05, 4.69) is 15.0 Å².